The van der Waals surface area contributed by atoms with E-state index in [0.717, 1.165) is 18.5 Å². The Kier molecular flexibility index (Phi) is 5.70. The molecular formula is C14H21NO2. The average molecular weight is 235 g/mol. The van der Waals surface area contributed by atoms with Crippen molar-refractivity contribution in [3.8, 4) is 0 Å². The van der Waals surface area contributed by atoms with Crippen LogP contribution in [-0.2, 0) is 11.2 Å². The Morgan fingerprint density at radius 2 is 2.00 bits per heavy atom. The van der Waals surface area contributed by atoms with Gasteiger partial charge in [-0.3, -0.25) is 4.79 Å². The van der Waals surface area contributed by atoms with Gasteiger partial charge in [-0.2, -0.15) is 0 Å². The van der Waals surface area contributed by atoms with Crippen LogP contribution in [-0.4, -0.2) is 17.1 Å². The van der Waals surface area contributed by atoms with Crippen molar-refractivity contribution in [1.29, 1.82) is 0 Å². The standard InChI is InChI=1S/C14H21NO2/c1-3-4-12-6-8-13(9-7-12)15-14(17)10-5-11(2)16/h6-9,11,16H,3-5,10H2,1-2H3,(H,15,17). The van der Waals surface area contributed by atoms with E-state index in [9.17, 15) is 4.79 Å². The second-order valence-electron chi connectivity index (χ2n) is 4.38. The smallest absolute Gasteiger partial charge is 0.224 e. The van der Waals surface area contributed by atoms with Crippen LogP contribution in [0.1, 0.15) is 38.7 Å². The van der Waals surface area contributed by atoms with E-state index in [0.29, 0.717) is 12.8 Å². The third-order valence-corrected chi connectivity index (χ3v) is 2.57. The normalized spacial score (nSPS) is 12.2. The molecule has 0 aliphatic rings. The Morgan fingerprint density at radius 1 is 1.35 bits per heavy atom. The van der Waals surface area contributed by atoms with Crippen molar-refractivity contribution in [2.75, 3.05) is 5.32 Å². The van der Waals surface area contributed by atoms with Crippen LogP contribution in [0.3, 0.4) is 0 Å². The van der Waals surface area contributed by atoms with E-state index in [-0.39, 0.29) is 5.91 Å². The number of hydrogen-bond acceptors (Lipinski definition) is 2. The molecule has 1 unspecified atom stereocenters. The van der Waals surface area contributed by atoms with Crippen molar-refractivity contribution >= 4 is 11.6 Å². The van der Waals surface area contributed by atoms with Gasteiger partial charge in [0.2, 0.25) is 5.91 Å². The second-order valence-corrected chi connectivity index (χ2v) is 4.38. The highest BCUT2D eigenvalue weighted by Crippen LogP contribution is 2.11. The van der Waals surface area contributed by atoms with E-state index in [1.807, 2.05) is 24.3 Å². The maximum absolute atomic E-state index is 11.5. The van der Waals surface area contributed by atoms with Gasteiger partial charge in [0.15, 0.2) is 0 Å². The Morgan fingerprint density at radius 3 is 2.53 bits per heavy atom. The van der Waals surface area contributed by atoms with E-state index in [2.05, 4.69) is 12.2 Å². The second kappa shape index (κ2) is 7.07. The maximum Gasteiger partial charge on any atom is 0.224 e. The number of nitrogens with one attached hydrogen (secondary N) is 1. The lowest BCUT2D eigenvalue weighted by atomic mass is 10.1. The van der Waals surface area contributed by atoms with Gasteiger partial charge in [-0.25, -0.2) is 0 Å². The Labute approximate surface area is 103 Å². The first kappa shape index (κ1) is 13.7. The van der Waals surface area contributed by atoms with Gasteiger partial charge in [-0.1, -0.05) is 25.5 Å². The minimum Gasteiger partial charge on any atom is -0.393 e. The highest BCUT2D eigenvalue weighted by Gasteiger charge is 2.04. The van der Waals surface area contributed by atoms with Crippen LogP contribution in [0, 0.1) is 0 Å². The van der Waals surface area contributed by atoms with Gasteiger partial charge >= 0.3 is 0 Å². The average Bonchev–Trinajstić information content (AvgIpc) is 2.29. The maximum atomic E-state index is 11.5. The molecule has 0 spiro atoms. The molecule has 3 heteroatoms. The van der Waals surface area contributed by atoms with Crippen LogP contribution in [0.2, 0.25) is 0 Å². The molecule has 0 aromatic heterocycles. The molecule has 1 atom stereocenters. The molecule has 1 aromatic carbocycles. The fraction of sp³-hybridized carbons (Fsp3) is 0.500. The van der Waals surface area contributed by atoms with E-state index in [4.69, 9.17) is 5.11 Å². The van der Waals surface area contributed by atoms with Gasteiger partial charge in [0.1, 0.15) is 0 Å². The zero-order valence-corrected chi connectivity index (χ0v) is 10.6. The van der Waals surface area contributed by atoms with Crippen molar-refractivity contribution in [3.63, 3.8) is 0 Å². The van der Waals surface area contributed by atoms with Crippen LogP contribution >= 0.6 is 0 Å². The number of aliphatic hydroxyl groups excluding tert-OH is 1. The fourth-order valence-electron chi connectivity index (χ4n) is 1.61. The van der Waals surface area contributed by atoms with E-state index in [1.165, 1.54) is 5.56 Å². The summed E-state index contributed by atoms with van der Waals surface area (Å²) in [6, 6.07) is 7.91. The summed E-state index contributed by atoms with van der Waals surface area (Å²) in [5.41, 5.74) is 2.11. The Bertz CT molecular complexity index is 344. The number of hydrogen-bond donors (Lipinski definition) is 2. The molecule has 0 saturated heterocycles. The molecule has 1 aromatic rings. The van der Waals surface area contributed by atoms with Crippen molar-refractivity contribution < 1.29 is 9.90 Å². The van der Waals surface area contributed by atoms with Gasteiger partial charge in [-0.15, -0.1) is 0 Å². The summed E-state index contributed by atoms with van der Waals surface area (Å²) in [7, 11) is 0. The highest BCUT2D eigenvalue weighted by molar-refractivity contribution is 5.90. The molecule has 1 amide bonds. The third kappa shape index (κ3) is 5.50. The molecular weight excluding hydrogens is 214 g/mol. The molecule has 0 bridgehead atoms. The summed E-state index contributed by atoms with van der Waals surface area (Å²) in [4.78, 5) is 11.5. The number of rotatable bonds is 6. The monoisotopic (exact) mass is 235 g/mol. The Hall–Kier alpha value is -1.35. The molecule has 0 radical (unpaired) electrons. The molecule has 17 heavy (non-hydrogen) atoms. The van der Waals surface area contributed by atoms with Crippen molar-refractivity contribution in [1.82, 2.24) is 0 Å². The van der Waals surface area contributed by atoms with Crippen LogP contribution < -0.4 is 5.32 Å². The van der Waals surface area contributed by atoms with Crippen LogP contribution in [0.25, 0.3) is 0 Å². The largest absolute Gasteiger partial charge is 0.393 e. The van der Waals surface area contributed by atoms with E-state index >= 15 is 0 Å². The quantitative estimate of drug-likeness (QED) is 0.796. The molecule has 94 valence electrons. The SMILES string of the molecule is CCCc1ccc(NC(=O)CCC(C)O)cc1. The number of aliphatic hydroxyl groups is 1. The summed E-state index contributed by atoms with van der Waals surface area (Å²) in [6.07, 6.45) is 2.62. The van der Waals surface area contributed by atoms with Gasteiger partial charge in [-0.05, 0) is 37.5 Å². The van der Waals surface area contributed by atoms with Crippen molar-refractivity contribution in [2.45, 2.75) is 45.6 Å². The third-order valence-electron chi connectivity index (χ3n) is 2.57. The first-order valence-corrected chi connectivity index (χ1v) is 6.18. The van der Waals surface area contributed by atoms with E-state index in [1.54, 1.807) is 6.92 Å². The molecule has 1 rings (SSSR count). The lowest BCUT2D eigenvalue weighted by molar-refractivity contribution is -0.116. The molecule has 0 saturated carbocycles. The number of amides is 1. The summed E-state index contributed by atoms with van der Waals surface area (Å²) >= 11 is 0. The molecule has 3 nitrogen and oxygen atoms in total. The minimum absolute atomic E-state index is 0.0471. The first-order chi connectivity index (χ1) is 8.11. The number of carbonyl (C=O) groups excluding carboxylic acids is 1. The zero-order valence-electron chi connectivity index (χ0n) is 10.6. The minimum atomic E-state index is -0.423. The van der Waals surface area contributed by atoms with Crippen molar-refractivity contribution in [3.05, 3.63) is 29.8 Å². The summed E-state index contributed by atoms with van der Waals surface area (Å²) in [5.74, 6) is -0.0471. The van der Waals surface area contributed by atoms with Gasteiger partial charge in [0, 0.05) is 12.1 Å². The number of anilines is 1. The first-order valence-electron chi connectivity index (χ1n) is 6.18. The molecule has 0 aliphatic heterocycles. The lowest BCUT2D eigenvalue weighted by Gasteiger charge is -2.07. The summed E-state index contributed by atoms with van der Waals surface area (Å²) < 4.78 is 0. The number of carbonyl (C=O) groups is 1. The predicted octanol–water partition coefficient (Wildman–Crippen LogP) is 2.74. The molecule has 0 aliphatic carbocycles. The lowest BCUT2D eigenvalue weighted by Crippen LogP contribution is -2.13. The summed E-state index contributed by atoms with van der Waals surface area (Å²) in [6.45, 7) is 3.83. The zero-order chi connectivity index (χ0) is 12.7. The van der Waals surface area contributed by atoms with Crippen LogP contribution in [0.4, 0.5) is 5.69 Å². The molecule has 2 N–H and O–H groups in total. The van der Waals surface area contributed by atoms with Gasteiger partial charge < -0.3 is 10.4 Å². The summed E-state index contributed by atoms with van der Waals surface area (Å²) in [5, 5.41) is 11.9. The molecule has 0 fully saturated rings. The van der Waals surface area contributed by atoms with Crippen LogP contribution in [0.5, 0.6) is 0 Å². The molecule has 0 heterocycles. The number of aryl methyl sites for hydroxylation is 1. The van der Waals surface area contributed by atoms with Crippen molar-refractivity contribution in [2.24, 2.45) is 0 Å². The van der Waals surface area contributed by atoms with Gasteiger partial charge in [0.05, 0.1) is 6.10 Å². The topological polar surface area (TPSA) is 49.3 Å². The fourth-order valence-corrected chi connectivity index (χ4v) is 1.61. The van der Waals surface area contributed by atoms with E-state index < -0.39 is 6.10 Å². The van der Waals surface area contributed by atoms with Crippen LogP contribution in [0.15, 0.2) is 24.3 Å². The Balaban J connectivity index is 2.43. The predicted molar refractivity (Wildman–Crippen MR) is 70.0 cm³/mol. The van der Waals surface area contributed by atoms with Gasteiger partial charge in [0.25, 0.3) is 0 Å². The number of benzene rings is 1. The highest BCUT2D eigenvalue weighted by atomic mass is 16.3.